The van der Waals surface area contributed by atoms with Crippen molar-refractivity contribution in [3.05, 3.63) is 56.9 Å². The van der Waals surface area contributed by atoms with Crippen molar-refractivity contribution in [3.63, 3.8) is 0 Å². The Hall–Kier alpha value is -4.17. The maximum Gasteiger partial charge on any atom is 0.267 e. The van der Waals surface area contributed by atoms with Crippen LogP contribution < -0.4 is 22.3 Å². The van der Waals surface area contributed by atoms with E-state index in [0.717, 1.165) is 0 Å². The first-order valence-electron chi connectivity index (χ1n) is 9.13. The fourth-order valence-electron chi connectivity index (χ4n) is 3.28. The Labute approximate surface area is 180 Å². The fraction of sp³-hybridized carbons (Fsp3) is 0.158. The number of aryl methyl sites for hydroxylation is 1. The molecule has 0 radical (unpaired) electrons. The number of aromatic amines is 1. The van der Waals surface area contributed by atoms with Gasteiger partial charge in [0.1, 0.15) is 23.3 Å². The summed E-state index contributed by atoms with van der Waals surface area (Å²) >= 11 is 6.30. The minimum Gasteiger partial charge on any atom is -0.382 e. The predicted octanol–water partition coefficient (Wildman–Crippen LogP) is 2.07. The zero-order chi connectivity index (χ0) is 22.3. The predicted molar refractivity (Wildman–Crippen MR) is 117 cm³/mol. The molecule has 0 fully saturated rings. The Morgan fingerprint density at radius 3 is 2.74 bits per heavy atom. The van der Waals surface area contributed by atoms with E-state index in [2.05, 4.69) is 30.5 Å². The van der Waals surface area contributed by atoms with Crippen LogP contribution in [-0.4, -0.2) is 29.7 Å². The lowest BCUT2D eigenvalue weighted by atomic mass is 10.2. The summed E-state index contributed by atoms with van der Waals surface area (Å²) in [4.78, 5) is 26.0. The maximum atomic E-state index is 13.5. The molecule has 0 spiro atoms. The zero-order valence-electron chi connectivity index (χ0n) is 16.5. The number of anilines is 3. The molecule has 156 valence electrons. The van der Waals surface area contributed by atoms with Crippen LogP contribution in [0.4, 0.5) is 17.6 Å². The Kier molecular flexibility index (Phi) is 4.92. The van der Waals surface area contributed by atoms with Crippen molar-refractivity contribution in [2.24, 2.45) is 0 Å². The van der Waals surface area contributed by atoms with E-state index in [-0.39, 0.29) is 34.1 Å². The number of fused-ring (bicyclic) bond motifs is 1. The molecule has 0 aliphatic carbocycles. The van der Waals surface area contributed by atoms with Crippen LogP contribution >= 0.6 is 11.6 Å². The molecule has 31 heavy (non-hydrogen) atoms. The van der Waals surface area contributed by atoms with Gasteiger partial charge in [0.25, 0.3) is 5.56 Å². The van der Waals surface area contributed by atoms with Gasteiger partial charge >= 0.3 is 0 Å². The standard InChI is InChI=1S/C19H17ClN10O/c1-8-13(7-24-29-8)30-17(26-12-5-3-4-11(20)14(12)18(30)31)9(2)25-16-10(6-21)15(22)27-19(23)28-16/h3-5,7,9H,1-2H3,(H,24,29)(H5,22,23,25,27,28). The van der Waals surface area contributed by atoms with E-state index in [1.165, 1.54) is 10.8 Å². The first-order valence-corrected chi connectivity index (χ1v) is 9.50. The Morgan fingerprint density at radius 2 is 2.06 bits per heavy atom. The molecule has 3 heterocycles. The third-order valence-corrected chi connectivity index (χ3v) is 5.04. The van der Waals surface area contributed by atoms with Crippen molar-refractivity contribution in [2.75, 3.05) is 16.8 Å². The van der Waals surface area contributed by atoms with Crippen LogP contribution in [0.2, 0.25) is 5.02 Å². The van der Waals surface area contributed by atoms with Gasteiger partial charge in [-0.15, -0.1) is 0 Å². The largest absolute Gasteiger partial charge is 0.382 e. The smallest absolute Gasteiger partial charge is 0.267 e. The lowest BCUT2D eigenvalue weighted by Gasteiger charge is -2.20. The third kappa shape index (κ3) is 3.38. The van der Waals surface area contributed by atoms with Gasteiger partial charge in [-0.3, -0.25) is 14.5 Å². The number of hydrogen-bond donors (Lipinski definition) is 4. The second-order valence-corrected chi connectivity index (χ2v) is 7.20. The van der Waals surface area contributed by atoms with E-state index >= 15 is 0 Å². The van der Waals surface area contributed by atoms with Gasteiger partial charge in [-0.1, -0.05) is 17.7 Å². The van der Waals surface area contributed by atoms with E-state index in [4.69, 9.17) is 23.1 Å². The highest BCUT2D eigenvalue weighted by Gasteiger charge is 2.23. The minimum absolute atomic E-state index is 0.0401. The second kappa shape index (κ2) is 7.58. The molecule has 0 saturated carbocycles. The van der Waals surface area contributed by atoms with Crippen molar-refractivity contribution in [1.82, 2.24) is 29.7 Å². The molecule has 0 bridgehead atoms. The number of rotatable bonds is 4. The van der Waals surface area contributed by atoms with Crippen molar-refractivity contribution in [1.29, 1.82) is 5.26 Å². The van der Waals surface area contributed by atoms with Crippen LogP contribution in [0.15, 0.2) is 29.2 Å². The number of halogens is 1. The SMILES string of the molecule is Cc1[nH]ncc1-n1c(C(C)Nc2nc(N)nc(N)c2C#N)nc2cccc(Cl)c2c1=O. The highest BCUT2D eigenvalue weighted by Crippen LogP contribution is 2.27. The average Bonchev–Trinajstić information content (AvgIpc) is 3.13. The quantitative estimate of drug-likeness (QED) is 0.372. The number of nitriles is 1. The number of nitrogens with one attached hydrogen (secondary N) is 2. The van der Waals surface area contributed by atoms with Crippen LogP contribution in [0.25, 0.3) is 16.6 Å². The lowest BCUT2D eigenvalue weighted by Crippen LogP contribution is -2.28. The van der Waals surface area contributed by atoms with E-state index in [1.54, 1.807) is 32.0 Å². The van der Waals surface area contributed by atoms with Gasteiger partial charge in [-0.25, -0.2) is 4.98 Å². The van der Waals surface area contributed by atoms with Crippen molar-refractivity contribution in [3.8, 4) is 11.8 Å². The summed E-state index contributed by atoms with van der Waals surface area (Å²) in [6.45, 7) is 3.55. The number of nitrogen functional groups attached to an aromatic ring is 2. The van der Waals surface area contributed by atoms with E-state index in [9.17, 15) is 10.1 Å². The van der Waals surface area contributed by atoms with Crippen LogP contribution in [0.1, 0.15) is 30.0 Å². The van der Waals surface area contributed by atoms with Crippen molar-refractivity contribution in [2.45, 2.75) is 19.9 Å². The Morgan fingerprint density at radius 1 is 1.29 bits per heavy atom. The number of H-pyrrole nitrogens is 1. The van der Waals surface area contributed by atoms with Crippen molar-refractivity contribution >= 4 is 40.1 Å². The monoisotopic (exact) mass is 436 g/mol. The van der Waals surface area contributed by atoms with Gasteiger partial charge in [-0.2, -0.15) is 20.3 Å². The number of nitrogens with zero attached hydrogens (tertiary/aromatic N) is 6. The van der Waals surface area contributed by atoms with Crippen LogP contribution in [0, 0.1) is 18.3 Å². The molecule has 0 saturated heterocycles. The number of benzene rings is 1. The van der Waals surface area contributed by atoms with E-state index < -0.39 is 6.04 Å². The zero-order valence-corrected chi connectivity index (χ0v) is 17.3. The average molecular weight is 437 g/mol. The summed E-state index contributed by atoms with van der Waals surface area (Å²) in [5.74, 6) is 0.346. The topological polar surface area (TPSA) is 177 Å². The Balaban J connectivity index is 1.95. The van der Waals surface area contributed by atoms with Gasteiger partial charge in [0.2, 0.25) is 5.95 Å². The molecule has 1 aromatic carbocycles. The summed E-state index contributed by atoms with van der Waals surface area (Å²) in [7, 11) is 0. The molecule has 12 heteroatoms. The molecule has 0 aliphatic rings. The molecule has 0 amide bonds. The number of nitrogens with two attached hydrogens (primary N) is 2. The van der Waals surface area contributed by atoms with Gasteiger partial charge in [0.15, 0.2) is 5.82 Å². The first kappa shape index (κ1) is 20.1. The first-order chi connectivity index (χ1) is 14.8. The molecule has 4 rings (SSSR count). The molecule has 11 nitrogen and oxygen atoms in total. The highest BCUT2D eigenvalue weighted by atomic mass is 35.5. The normalized spacial score (nSPS) is 11.9. The van der Waals surface area contributed by atoms with E-state index in [0.29, 0.717) is 27.7 Å². The second-order valence-electron chi connectivity index (χ2n) is 6.79. The molecule has 3 aromatic heterocycles. The van der Waals surface area contributed by atoms with Crippen molar-refractivity contribution < 1.29 is 0 Å². The molecular weight excluding hydrogens is 420 g/mol. The fourth-order valence-corrected chi connectivity index (χ4v) is 3.53. The van der Waals surface area contributed by atoms with Gasteiger partial charge < -0.3 is 16.8 Å². The summed E-state index contributed by atoms with van der Waals surface area (Å²) in [5, 5.41) is 19.9. The molecule has 0 aliphatic heterocycles. The molecule has 1 unspecified atom stereocenters. The minimum atomic E-state index is -0.591. The van der Waals surface area contributed by atoms with Gasteiger partial charge in [-0.05, 0) is 26.0 Å². The lowest BCUT2D eigenvalue weighted by molar-refractivity contribution is 0.729. The molecular formula is C19H17ClN10O. The Bertz CT molecular complexity index is 1420. The molecule has 1 atom stereocenters. The molecule has 6 N–H and O–H groups in total. The highest BCUT2D eigenvalue weighted by molar-refractivity contribution is 6.35. The van der Waals surface area contributed by atoms with Crippen LogP contribution in [0.5, 0.6) is 0 Å². The van der Waals surface area contributed by atoms with Gasteiger partial charge in [0.05, 0.1) is 39.5 Å². The van der Waals surface area contributed by atoms with Gasteiger partial charge in [0, 0.05) is 0 Å². The summed E-state index contributed by atoms with van der Waals surface area (Å²) in [6.07, 6.45) is 1.53. The maximum absolute atomic E-state index is 13.5. The van der Waals surface area contributed by atoms with Crippen LogP contribution in [-0.2, 0) is 0 Å². The van der Waals surface area contributed by atoms with Crippen LogP contribution in [0.3, 0.4) is 0 Å². The summed E-state index contributed by atoms with van der Waals surface area (Å²) in [6, 6.07) is 6.41. The number of aromatic nitrogens is 6. The van der Waals surface area contributed by atoms with E-state index in [1.807, 2.05) is 6.07 Å². The number of hydrogen-bond acceptors (Lipinski definition) is 9. The summed E-state index contributed by atoms with van der Waals surface area (Å²) < 4.78 is 1.42. The third-order valence-electron chi connectivity index (χ3n) is 4.72. The summed E-state index contributed by atoms with van der Waals surface area (Å²) in [5.41, 5.74) is 12.8. The molecule has 4 aromatic rings.